The first-order chi connectivity index (χ1) is 9.22. The number of para-hydroxylation sites is 2. The second-order valence-electron chi connectivity index (χ2n) is 4.36. The van der Waals surface area contributed by atoms with E-state index < -0.39 is 0 Å². The Morgan fingerprint density at radius 3 is 2.53 bits per heavy atom. The number of fused-ring (bicyclic) bond motifs is 1. The summed E-state index contributed by atoms with van der Waals surface area (Å²) in [6.07, 6.45) is 1.70. The number of anilines is 1. The molecule has 0 fully saturated rings. The van der Waals surface area contributed by atoms with Crippen LogP contribution < -0.4 is 5.32 Å². The van der Waals surface area contributed by atoms with Crippen LogP contribution in [0.3, 0.4) is 0 Å². The van der Waals surface area contributed by atoms with Crippen molar-refractivity contribution in [2.24, 2.45) is 0 Å². The molecule has 96 valence electrons. The SMILES string of the molecule is Cc1cnc(CNc2nc3ccccc3nc2C)o1. The average molecular weight is 254 g/mol. The summed E-state index contributed by atoms with van der Waals surface area (Å²) < 4.78 is 5.41. The van der Waals surface area contributed by atoms with Crippen LogP contribution in [0.1, 0.15) is 17.3 Å². The van der Waals surface area contributed by atoms with Crippen molar-refractivity contribution in [1.82, 2.24) is 15.0 Å². The molecule has 1 N–H and O–H groups in total. The number of aryl methyl sites for hydroxylation is 2. The molecular formula is C14H14N4O. The molecule has 1 aromatic carbocycles. The minimum atomic E-state index is 0.502. The highest BCUT2D eigenvalue weighted by Crippen LogP contribution is 2.16. The standard InChI is InChI=1S/C14H14N4O/c1-9-7-15-13(19-9)8-16-14-10(2)17-11-5-3-4-6-12(11)18-14/h3-7H,8H2,1-2H3,(H,16,18). The molecule has 0 bridgehead atoms. The molecule has 5 nitrogen and oxygen atoms in total. The maximum absolute atomic E-state index is 5.41. The lowest BCUT2D eigenvalue weighted by atomic mass is 10.3. The first-order valence-corrected chi connectivity index (χ1v) is 6.11. The van der Waals surface area contributed by atoms with E-state index in [4.69, 9.17) is 4.42 Å². The van der Waals surface area contributed by atoms with Gasteiger partial charge in [0, 0.05) is 0 Å². The Labute approximate surface area is 110 Å². The summed E-state index contributed by atoms with van der Waals surface area (Å²) in [4.78, 5) is 13.2. The molecule has 0 aliphatic rings. The quantitative estimate of drug-likeness (QED) is 0.778. The highest BCUT2D eigenvalue weighted by Gasteiger charge is 2.06. The predicted molar refractivity (Wildman–Crippen MR) is 72.8 cm³/mol. The van der Waals surface area contributed by atoms with E-state index in [-0.39, 0.29) is 0 Å². The summed E-state index contributed by atoms with van der Waals surface area (Å²) in [7, 11) is 0. The van der Waals surface area contributed by atoms with Gasteiger partial charge < -0.3 is 9.73 Å². The van der Waals surface area contributed by atoms with Gasteiger partial charge in [0.15, 0.2) is 0 Å². The lowest BCUT2D eigenvalue weighted by Crippen LogP contribution is -2.05. The summed E-state index contributed by atoms with van der Waals surface area (Å²) in [6.45, 7) is 4.31. The van der Waals surface area contributed by atoms with E-state index in [9.17, 15) is 0 Å². The highest BCUT2D eigenvalue weighted by molar-refractivity contribution is 5.76. The zero-order valence-electron chi connectivity index (χ0n) is 10.8. The van der Waals surface area contributed by atoms with Crippen molar-refractivity contribution in [3.8, 4) is 0 Å². The Hall–Kier alpha value is -2.43. The molecule has 0 saturated heterocycles. The van der Waals surface area contributed by atoms with Gasteiger partial charge in [-0.25, -0.2) is 15.0 Å². The van der Waals surface area contributed by atoms with Crippen LogP contribution >= 0.6 is 0 Å². The third kappa shape index (κ3) is 2.40. The molecule has 0 aliphatic heterocycles. The van der Waals surface area contributed by atoms with Gasteiger partial charge in [0.1, 0.15) is 11.6 Å². The van der Waals surface area contributed by atoms with Gasteiger partial charge in [-0.2, -0.15) is 0 Å². The van der Waals surface area contributed by atoms with Crippen LogP contribution in [0, 0.1) is 13.8 Å². The summed E-state index contributed by atoms with van der Waals surface area (Å²) in [5.74, 6) is 2.21. The highest BCUT2D eigenvalue weighted by atomic mass is 16.4. The van der Waals surface area contributed by atoms with Gasteiger partial charge in [-0.3, -0.25) is 0 Å². The van der Waals surface area contributed by atoms with Crippen LogP contribution in [0.2, 0.25) is 0 Å². The number of hydrogen-bond donors (Lipinski definition) is 1. The monoisotopic (exact) mass is 254 g/mol. The van der Waals surface area contributed by atoms with Crippen molar-refractivity contribution < 1.29 is 4.42 Å². The molecular weight excluding hydrogens is 240 g/mol. The largest absolute Gasteiger partial charge is 0.444 e. The fourth-order valence-corrected chi connectivity index (χ4v) is 1.90. The van der Waals surface area contributed by atoms with E-state index in [0.717, 1.165) is 28.3 Å². The average Bonchev–Trinajstić information content (AvgIpc) is 2.82. The molecule has 19 heavy (non-hydrogen) atoms. The molecule has 0 spiro atoms. The normalized spacial score (nSPS) is 10.8. The van der Waals surface area contributed by atoms with Gasteiger partial charge in [-0.15, -0.1) is 0 Å². The van der Waals surface area contributed by atoms with Gasteiger partial charge >= 0.3 is 0 Å². The van der Waals surface area contributed by atoms with Crippen LogP contribution in [0.25, 0.3) is 11.0 Å². The summed E-state index contributed by atoms with van der Waals surface area (Å²) in [5.41, 5.74) is 2.64. The van der Waals surface area contributed by atoms with Crippen molar-refractivity contribution in [3.63, 3.8) is 0 Å². The van der Waals surface area contributed by atoms with Gasteiger partial charge in [0.05, 0.1) is 29.5 Å². The molecule has 5 heteroatoms. The first-order valence-electron chi connectivity index (χ1n) is 6.11. The van der Waals surface area contributed by atoms with Crippen LogP contribution in [0.5, 0.6) is 0 Å². The number of aromatic nitrogens is 3. The molecule has 0 unspecified atom stereocenters. The first kappa shape index (κ1) is 11.6. The third-order valence-corrected chi connectivity index (χ3v) is 2.82. The maximum Gasteiger partial charge on any atom is 0.213 e. The molecule has 0 radical (unpaired) electrons. The van der Waals surface area contributed by atoms with Crippen molar-refractivity contribution in [2.45, 2.75) is 20.4 Å². The number of nitrogens with zero attached hydrogens (tertiary/aromatic N) is 3. The molecule has 0 aliphatic carbocycles. The van der Waals surface area contributed by atoms with E-state index in [0.29, 0.717) is 12.4 Å². The summed E-state index contributed by atoms with van der Waals surface area (Å²) in [6, 6.07) is 7.81. The third-order valence-electron chi connectivity index (χ3n) is 2.82. The molecule has 2 heterocycles. The number of rotatable bonds is 3. The van der Waals surface area contributed by atoms with Crippen LogP contribution in [0.15, 0.2) is 34.9 Å². The predicted octanol–water partition coefficient (Wildman–Crippen LogP) is 2.85. The van der Waals surface area contributed by atoms with E-state index in [1.54, 1.807) is 6.20 Å². The smallest absolute Gasteiger partial charge is 0.213 e. The minimum absolute atomic E-state index is 0.502. The fraction of sp³-hybridized carbons (Fsp3) is 0.214. The molecule has 3 aromatic rings. The fourth-order valence-electron chi connectivity index (χ4n) is 1.90. The Balaban J connectivity index is 1.86. The zero-order chi connectivity index (χ0) is 13.2. The topological polar surface area (TPSA) is 63.8 Å². The van der Waals surface area contributed by atoms with Crippen molar-refractivity contribution in [1.29, 1.82) is 0 Å². The van der Waals surface area contributed by atoms with Crippen molar-refractivity contribution in [3.05, 3.63) is 47.8 Å². The number of oxazole rings is 1. The Morgan fingerprint density at radius 2 is 1.84 bits per heavy atom. The zero-order valence-corrected chi connectivity index (χ0v) is 10.8. The number of benzene rings is 1. The van der Waals surface area contributed by atoms with E-state index in [2.05, 4.69) is 20.3 Å². The van der Waals surface area contributed by atoms with E-state index >= 15 is 0 Å². The summed E-state index contributed by atoms with van der Waals surface area (Å²) >= 11 is 0. The van der Waals surface area contributed by atoms with E-state index in [1.807, 2.05) is 38.1 Å². The van der Waals surface area contributed by atoms with Crippen molar-refractivity contribution >= 4 is 16.9 Å². The second kappa shape index (κ2) is 4.68. The Bertz CT molecular complexity index is 720. The van der Waals surface area contributed by atoms with Crippen LogP contribution in [-0.4, -0.2) is 15.0 Å². The number of hydrogen-bond acceptors (Lipinski definition) is 5. The van der Waals surface area contributed by atoms with Gasteiger partial charge in [0.2, 0.25) is 5.89 Å². The Morgan fingerprint density at radius 1 is 1.11 bits per heavy atom. The van der Waals surface area contributed by atoms with Crippen LogP contribution in [-0.2, 0) is 6.54 Å². The molecule has 0 atom stereocenters. The van der Waals surface area contributed by atoms with Crippen molar-refractivity contribution in [2.75, 3.05) is 5.32 Å². The van der Waals surface area contributed by atoms with E-state index in [1.165, 1.54) is 0 Å². The maximum atomic E-state index is 5.41. The minimum Gasteiger partial charge on any atom is -0.444 e. The Kier molecular flexibility index (Phi) is 2.87. The van der Waals surface area contributed by atoms with Gasteiger partial charge in [0.25, 0.3) is 0 Å². The summed E-state index contributed by atoms with van der Waals surface area (Å²) in [5, 5.41) is 3.20. The second-order valence-corrected chi connectivity index (χ2v) is 4.36. The van der Waals surface area contributed by atoms with Gasteiger partial charge in [-0.1, -0.05) is 12.1 Å². The molecule has 2 aromatic heterocycles. The van der Waals surface area contributed by atoms with Gasteiger partial charge in [-0.05, 0) is 26.0 Å². The molecule has 0 saturated carbocycles. The lowest BCUT2D eigenvalue weighted by molar-refractivity contribution is 0.479. The lowest BCUT2D eigenvalue weighted by Gasteiger charge is -2.07. The molecule has 3 rings (SSSR count). The number of nitrogens with one attached hydrogen (secondary N) is 1. The molecule has 0 amide bonds. The van der Waals surface area contributed by atoms with Crippen LogP contribution in [0.4, 0.5) is 5.82 Å².